The molecule has 2 rings (SSSR count). The molecular formula is C13H22N2S. The van der Waals surface area contributed by atoms with Gasteiger partial charge in [-0.15, -0.1) is 11.3 Å². The fraction of sp³-hybridized carbons (Fsp3) is 0.692. The highest BCUT2D eigenvalue weighted by atomic mass is 32.1. The molecule has 0 unspecified atom stereocenters. The van der Waals surface area contributed by atoms with Gasteiger partial charge in [-0.2, -0.15) is 0 Å². The minimum absolute atomic E-state index is 0.339. The molecule has 0 aliphatic carbocycles. The van der Waals surface area contributed by atoms with Crippen LogP contribution in [0.3, 0.4) is 0 Å². The van der Waals surface area contributed by atoms with Crippen LogP contribution in [0.1, 0.15) is 25.1 Å². The van der Waals surface area contributed by atoms with Crippen LogP contribution in [0.15, 0.2) is 17.5 Å². The second-order valence-electron chi connectivity index (χ2n) is 5.13. The first-order valence-corrected chi connectivity index (χ1v) is 7.05. The van der Waals surface area contributed by atoms with Crippen molar-refractivity contribution in [2.24, 2.45) is 0 Å². The molecule has 0 radical (unpaired) electrons. The summed E-state index contributed by atoms with van der Waals surface area (Å²) in [5, 5.41) is 5.59. The molecule has 3 heteroatoms. The normalized spacial score (nSPS) is 18.9. The van der Waals surface area contributed by atoms with Gasteiger partial charge in [0.05, 0.1) is 0 Å². The Morgan fingerprint density at radius 1 is 1.38 bits per heavy atom. The van der Waals surface area contributed by atoms with E-state index < -0.39 is 0 Å². The van der Waals surface area contributed by atoms with E-state index in [-0.39, 0.29) is 0 Å². The van der Waals surface area contributed by atoms with Crippen LogP contribution >= 0.6 is 11.3 Å². The Kier molecular flexibility index (Phi) is 4.00. The fourth-order valence-corrected chi connectivity index (χ4v) is 3.02. The van der Waals surface area contributed by atoms with Crippen molar-refractivity contribution in [3.05, 3.63) is 22.4 Å². The Hall–Kier alpha value is -0.380. The van der Waals surface area contributed by atoms with E-state index in [9.17, 15) is 0 Å². The van der Waals surface area contributed by atoms with Crippen LogP contribution in [-0.4, -0.2) is 36.6 Å². The highest BCUT2D eigenvalue weighted by Gasteiger charge is 2.27. The van der Waals surface area contributed by atoms with Gasteiger partial charge in [-0.25, -0.2) is 0 Å². The Bertz CT molecular complexity index is 300. The molecule has 1 aliphatic heterocycles. The number of aryl methyl sites for hydroxylation is 1. The van der Waals surface area contributed by atoms with Crippen LogP contribution < -0.4 is 5.32 Å². The average Bonchev–Trinajstić information content (AvgIpc) is 2.81. The molecule has 1 fully saturated rings. The summed E-state index contributed by atoms with van der Waals surface area (Å²) in [6.07, 6.45) is 2.47. The van der Waals surface area contributed by atoms with Crippen molar-refractivity contribution in [2.75, 3.05) is 26.2 Å². The molecule has 1 aliphatic rings. The lowest BCUT2D eigenvalue weighted by atomic mass is 9.95. The van der Waals surface area contributed by atoms with Gasteiger partial charge in [-0.1, -0.05) is 6.07 Å². The van der Waals surface area contributed by atoms with Gasteiger partial charge in [0.1, 0.15) is 0 Å². The zero-order valence-electron chi connectivity index (χ0n) is 10.3. The summed E-state index contributed by atoms with van der Waals surface area (Å²) < 4.78 is 0. The molecule has 1 N–H and O–H groups in total. The molecule has 1 aromatic heterocycles. The van der Waals surface area contributed by atoms with Gasteiger partial charge in [0.25, 0.3) is 0 Å². The minimum atomic E-state index is 0.339. The molecule has 1 saturated heterocycles. The van der Waals surface area contributed by atoms with Crippen LogP contribution in [-0.2, 0) is 6.42 Å². The van der Waals surface area contributed by atoms with E-state index in [1.54, 1.807) is 0 Å². The van der Waals surface area contributed by atoms with E-state index >= 15 is 0 Å². The maximum absolute atomic E-state index is 3.42. The number of thiophene rings is 1. The smallest absolute Gasteiger partial charge is 0.0157 e. The van der Waals surface area contributed by atoms with E-state index in [1.807, 2.05) is 11.3 Å². The molecule has 0 saturated carbocycles. The van der Waals surface area contributed by atoms with Crippen molar-refractivity contribution < 1.29 is 0 Å². The Morgan fingerprint density at radius 3 is 2.75 bits per heavy atom. The van der Waals surface area contributed by atoms with Crippen LogP contribution in [0.2, 0.25) is 0 Å². The Balaban J connectivity index is 1.86. The maximum atomic E-state index is 3.42. The molecule has 0 aromatic carbocycles. The number of nitrogens with zero attached hydrogens (tertiary/aromatic N) is 1. The summed E-state index contributed by atoms with van der Waals surface area (Å²) in [7, 11) is 0. The van der Waals surface area contributed by atoms with Crippen LogP contribution in [0.4, 0.5) is 0 Å². The van der Waals surface area contributed by atoms with E-state index in [4.69, 9.17) is 0 Å². The van der Waals surface area contributed by atoms with E-state index in [0.29, 0.717) is 5.54 Å². The second-order valence-corrected chi connectivity index (χ2v) is 6.16. The molecule has 90 valence electrons. The van der Waals surface area contributed by atoms with Crippen molar-refractivity contribution in [1.29, 1.82) is 0 Å². The van der Waals surface area contributed by atoms with Crippen molar-refractivity contribution in [3.8, 4) is 0 Å². The van der Waals surface area contributed by atoms with Crippen LogP contribution in [0.25, 0.3) is 0 Å². The number of rotatable bonds is 4. The highest BCUT2D eigenvalue weighted by Crippen LogP contribution is 2.23. The summed E-state index contributed by atoms with van der Waals surface area (Å²) in [6.45, 7) is 9.43. The standard InChI is InChI=1S/C13H22N2S/c1-13(2,15-9-7-14-8-10-15)6-5-12-4-3-11-16-12/h3-4,11,14H,5-10H2,1-2H3. The first-order chi connectivity index (χ1) is 7.68. The summed E-state index contributed by atoms with van der Waals surface area (Å²) in [6, 6.07) is 4.40. The third-order valence-corrected chi connectivity index (χ3v) is 4.47. The van der Waals surface area contributed by atoms with Crippen LogP contribution in [0, 0.1) is 0 Å². The quantitative estimate of drug-likeness (QED) is 0.866. The summed E-state index contributed by atoms with van der Waals surface area (Å²) >= 11 is 1.88. The molecule has 1 aromatic rings. The van der Waals surface area contributed by atoms with E-state index in [0.717, 1.165) is 13.1 Å². The molecule has 0 bridgehead atoms. The van der Waals surface area contributed by atoms with Gasteiger partial charge in [0.15, 0.2) is 0 Å². The SMILES string of the molecule is CC(C)(CCc1cccs1)N1CCNCC1. The van der Waals surface area contributed by atoms with Gasteiger partial charge in [-0.3, -0.25) is 4.90 Å². The lowest BCUT2D eigenvalue weighted by Gasteiger charge is -2.41. The summed E-state index contributed by atoms with van der Waals surface area (Å²) in [4.78, 5) is 4.14. The average molecular weight is 238 g/mol. The molecule has 0 amide bonds. The van der Waals surface area contributed by atoms with Crippen molar-refractivity contribution in [3.63, 3.8) is 0 Å². The first-order valence-electron chi connectivity index (χ1n) is 6.17. The lowest BCUT2D eigenvalue weighted by Crippen LogP contribution is -2.53. The molecule has 0 atom stereocenters. The van der Waals surface area contributed by atoms with E-state index in [1.165, 1.54) is 30.8 Å². The Labute approximate surface area is 103 Å². The van der Waals surface area contributed by atoms with Gasteiger partial charge in [-0.05, 0) is 38.1 Å². The number of piperazine rings is 1. The van der Waals surface area contributed by atoms with E-state index in [2.05, 4.69) is 41.6 Å². The van der Waals surface area contributed by atoms with Gasteiger partial charge in [0, 0.05) is 36.6 Å². The number of hydrogen-bond acceptors (Lipinski definition) is 3. The third-order valence-electron chi connectivity index (χ3n) is 3.54. The van der Waals surface area contributed by atoms with Crippen LogP contribution in [0.5, 0.6) is 0 Å². The molecular weight excluding hydrogens is 216 g/mol. The van der Waals surface area contributed by atoms with Crippen molar-refractivity contribution >= 4 is 11.3 Å². The topological polar surface area (TPSA) is 15.3 Å². The number of nitrogens with one attached hydrogen (secondary N) is 1. The molecule has 2 nitrogen and oxygen atoms in total. The predicted octanol–water partition coefficient (Wildman–Crippen LogP) is 2.36. The molecule has 2 heterocycles. The summed E-state index contributed by atoms with van der Waals surface area (Å²) in [5.74, 6) is 0. The largest absolute Gasteiger partial charge is 0.314 e. The first kappa shape index (κ1) is 12.1. The lowest BCUT2D eigenvalue weighted by molar-refractivity contribution is 0.0961. The minimum Gasteiger partial charge on any atom is -0.314 e. The predicted molar refractivity (Wildman–Crippen MR) is 71.2 cm³/mol. The van der Waals surface area contributed by atoms with Gasteiger partial charge in [0.2, 0.25) is 0 Å². The monoisotopic (exact) mass is 238 g/mol. The highest BCUT2D eigenvalue weighted by molar-refractivity contribution is 7.09. The molecule has 0 spiro atoms. The van der Waals surface area contributed by atoms with Crippen molar-refractivity contribution in [1.82, 2.24) is 10.2 Å². The van der Waals surface area contributed by atoms with Gasteiger partial charge >= 0.3 is 0 Å². The zero-order chi connectivity index (χ0) is 11.4. The molecule has 16 heavy (non-hydrogen) atoms. The Morgan fingerprint density at radius 2 is 2.12 bits per heavy atom. The number of hydrogen-bond donors (Lipinski definition) is 1. The van der Waals surface area contributed by atoms with Crippen molar-refractivity contribution in [2.45, 2.75) is 32.2 Å². The fourth-order valence-electron chi connectivity index (χ4n) is 2.31. The second kappa shape index (κ2) is 5.30. The summed E-state index contributed by atoms with van der Waals surface area (Å²) in [5.41, 5.74) is 0.339. The zero-order valence-corrected chi connectivity index (χ0v) is 11.1. The maximum Gasteiger partial charge on any atom is 0.0157 e. The van der Waals surface area contributed by atoms with Gasteiger partial charge < -0.3 is 5.32 Å². The third kappa shape index (κ3) is 3.06.